The van der Waals surface area contributed by atoms with Crippen molar-refractivity contribution < 1.29 is 9.59 Å². The second-order valence-corrected chi connectivity index (χ2v) is 4.62. The molecule has 0 saturated carbocycles. The number of aromatic nitrogens is 1. The van der Waals surface area contributed by atoms with Crippen molar-refractivity contribution >= 4 is 17.5 Å². The molecule has 0 atom stereocenters. The molecule has 0 radical (unpaired) electrons. The fraction of sp³-hybridized carbons (Fsp3) is 0.462. The molecule has 108 valence electrons. The Bertz CT molecular complexity index is 457. The Hall–Kier alpha value is -1.99. The Balaban J connectivity index is 1.84. The number of carbonyl (C=O) groups is 2. The molecular formula is C13H19N5O2. The van der Waals surface area contributed by atoms with Crippen LogP contribution in [0.25, 0.3) is 0 Å². The number of pyridine rings is 1. The van der Waals surface area contributed by atoms with E-state index in [0.717, 1.165) is 19.6 Å². The summed E-state index contributed by atoms with van der Waals surface area (Å²) in [6, 6.07) is 3.39. The van der Waals surface area contributed by atoms with Crippen molar-refractivity contribution in [1.82, 2.24) is 14.8 Å². The number of rotatable bonds is 3. The molecule has 1 saturated heterocycles. The van der Waals surface area contributed by atoms with E-state index in [1.54, 1.807) is 23.2 Å². The van der Waals surface area contributed by atoms with Crippen LogP contribution in [0.1, 0.15) is 0 Å². The first-order valence-corrected chi connectivity index (χ1v) is 6.63. The molecule has 2 amide bonds. The van der Waals surface area contributed by atoms with E-state index in [-0.39, 0.29) is 0 Å². The molecular weight excluding hydrogens is 258 g/mol. The van der Waals surface area contributed by atoms with E-state index in [9.17, 15) is 9.59 Å². The number of nitrogens with one attached hydrogen (secondary N) is 1. The summed E-state index contributed by atoms with van der Waals surface area (Å²) in [6.45, 7) is 4.05. The van der Waals surface area contributed by atoms with Crippen LogP contribution in [0.3, 0.4) is 0 Å². The van der Waals surface area contributed by atoms with Crippen LogP contribution in [-0.2, 0) is 9.59 Å². The molecule has 3 N–H and O–H groups in total. The molecule has 2 rings (SSSR count). The summed E-state index contributed by atoms with van der Waals surface area (Å²) >= 11 is 0. The van der Waals surface area contributed by atoms with Crippen LogP contribution in [0.15, 0.2) is 24.5 Å². The predicted octanol–water partition coefficient (Wildman–Crippen LogP) is -0.877. The van der Waals surface area contributed by atoms with E-state index < -0.39 is 11.8 Å². The third kappa shape index (κ3) is 3.75. The lowest BCUT2D eigenvalue weighted by molar-refractivity contribution is -0.144. The van der Waals surface area contributed by atoms with Gasteiger partial charge in [0.1, 0.15) is 0 Å². The fourth-order valence-electron chi connectivity index (χ4n) is 2.12. The van der Waals surface area contributed by atoms with Crippen LogP contribution < -0.4 is 11.1 Å². The molecule has 1 aliphatic heterocycles. The zero-order valence-electron chi connectivity index (χ0n) is 11.3. The smallest absolute Gasteiger partial charge is 0.313 e. The minimum Gasteiger partial charge on any atom is -0.332 e. The zero-order valence-corrected chi connectivity index (χ0v) is 11.3. The maximum atomic E-state index is 12.0. The molecule has 1 aromatic rings. The molecule has 0 unspecified atom stereocenters. The first kappa shape index (κ1) is 14.4. The van der Waals surface area contributed by atoms with Crippen molar-refractivity contribution in [2.45, 2.75) is 0 Å². The number of carbonyl (C=O) groups excluding carboxylic acids is 2. The Morgan fingerprint density at radius 1 is 1.30 bits per heavy atom. The van der Waals surface area contributed by atoms with Crippen LogP contribution in [0.4, 0.5) is 5.69 Å². The van der Waals surface area contributed by atoms with Gasteiger partial charge in [-0.25, -0.2) is 0 Å². The molecule has 0 aromatic carbocycles. The summed E-state index contributed by atoms with van der Waals surface area (Å²) in [7, 11) is 0. The van der Waals surface area contributed by atoms with E-state index >= 15 is 0 Å². The van der Waals surface area contributed by atoms with Gasteiger partial charge in [0.15, 0.2) is 0 Å². The van der Waals surface area contributed by atoms with Gasteiger partial charge in [-0.05, 0) is 12.1 Å². The van der Waals surface area contributed by atoms with Crippen molar-refractivity contribution in [3.8, 4) is 0 Å². The van der Waals surface area contributed by atoms with Crippen LogP contribution in [-0.4, -0.2) is 65.9 Å². The summed E-state index contributed by atoms with van der Waals surface area (Å²) in [5.41, 5.74) is 6.02. The average molecular weight is 277 g/mol. The predicted molar refractivity (Wildman–Crippen MR) is 74.9 cm³/mol. The highest BCUT2D eigenvalue weighted by molar-refractivity contribution is 6.39. The number of piperazine rings is 1. The lowest BCUT2D eigenvalue weighted by Crippen LogP contribution is -2.52. The van der Waals surface area contributed by atoms with Crippen molar-refractivity contribution in [3.63, 3.8) is 0 Å². The van der Waals surface area contributed by atoms with Crippen LogP contribution in [0, 0.1) is 0 Å². The minimum absolute atomic E-state index is 0.499. The topological polar surface area (TPSA) is 91.6 Å². The molecule has 0 bridgehead atoms. The number of anilines is 1. The maximum absolute atomic E-state index is 12.0. The fourth-order valence-corrected chi connectivity index (χ4v) is 2.12. The number of hydrogen-bond donors (Lipinski definition) is 2. The number of nitrogens with two attached hydrogens (primary N) is 1. The molecule has 0 aliphatic carbocycles. The molecule has 7 nitrogen and oxygen atoms in total. The van der Waals surface area contributed by atoms with Crippen molar-refractivity contribution in [2.75, 3.05) is 44.6 Å². The second kappa shape index (κ2) is 6.97. The Kier molecular flexibility index (Phi) is 5.03. The monoisotopic (exact) mass is 277 g/mol. The molecule has 1 aliphatic rings. The SMILES string of the molecule is NCCN1CCN(C(=O)C(=O)Nc2cccnc2)CC1. The van der Waals surface area contributed by atoms with E-state index in [0.29, 0.717) is 25.3 Å². The molecule has 7 heteroatoms. The van der Waals surface area contributed by atoms with Crippen molar-refractivity contribution in [2.24, 2.45) is 5.73 Å². The van der Waals surface area contributed by atoms with Gasteiger partial charge in [-0.1, -0.05) is 0 Å². The molecule has 20 heavy (non-hydrogen) atoms. The van der Waals surface area contributed by atoms with Gasteiger partial charge >= 0.3 is 11.8 Å². The zero-order chi connectivity index (χ0) is 14.4. The van der Waals surface area contributed by atoms with Gasteiger partial charge in [0, 0.05) is 45.5 Å². The Morgan fingerprint density at radius 3 is 2.65 bits per heavy atom. The largest absolute Gasteiger partial charge is 0.332 e. The van der Waals surface area contributed by atoms with E-state index in [1.165, 1.54) is 6.20 Å². The average Bonchev–Trinajstić information content (AvgIpc) is 2.48. The van der Waals surface area contributed by atoms with Gasteiger partial charge in [-0.15, -0.1) is 0 Å². The van der Waals surface area contributed by atoms with Crippen molar-refractivity contribution in [1.29, 1.82) is 0 Å². The first-order chi connectivity index (χ1) is 9.70. The lowest BCUT2D eigenvalue weighted by Gasteiger charge is -2.33. The maximum Gasteiger partial charge on any atom is 0.313 e. The number of amides is 2. The third-order valence-electron chi connectivity index (χ3n) is 3.22. The quantitative estimate of drug-likeness (QED) is 0.700. The number of nitrogens with zero attached hydrogens (tertiary/aromatic N) is 3. The van der Waals surface area contributed by atoms with Gasteiger partial charge in [0.25, 0.3) is 0 Å². The molecule has 0 spiro atoms. The lowest BCUT2D eigenvalue weighted by atomic mass is 10.3. The van der Waals surface area contributed by atoms with Crippen LogP contribution in [0.5, 0.6) is 0 Å². The number of hydrogen-bond acceptors (Lipinski definition) is 5. The van der Waals surface area contributed by atoms with E-state index in [2.05, 4.69) is 15.2 Å². The highest BCUT2D eigenvalue weighted by Crippen LogP contribution is 2.05. The second-order valence-electron chi connectivity index (χ2n) is 4.62. The summed E-state index contributed by atoms with van der Waals surface area (Å²) in [6.07, 6.45) is 3.11. The van der Waals surface area contributed by atoms with Gasteiger partial charge in [-0.3, -0.25) is 19.5 Å². The summed E-state index contributed by atoms with van der Waals surface area (Å²) < 4.78 is 0. The standard InChI is InChI=1S/C13H19N5O2/c14-3-5-17-6-8-18(9-7-17)13(20)12(19)16-11-2-1-4-15-10-11/h1-2,4,10H,3,5-9,14H2,(H,16,19). The van der Waals surface area contributed by atoms with Crippen molar-refractivity contribution in [3.05, 3.63) is 24.5 Å². The first-order valence-electron chi connectivity index (χ1n) is 6.63. The Labute approximate surface area is 117 Å². The minimum atomic E-state index is -0.620. The summed E-state index contributed by atoms with van der Waals surface area (Å²) in [4.78, 5) is 31.5. The third-order valence-corrected chi connectivity index (χ3v) is 3.22. The normalized spacial score (nSPS) is 15.9. The van der Waals surface area contributed by atoms with Crippen LogP contribution in [0.2, 0.25) is 0 Å². The van der Waals surface area contributed by atoms with Gasteiger partial charge in [0.05, 0.1) is 11.9 Å². The summed E-state index contributed by atoms with van der Waals surface area (Å²) in [5, 5.41) is 2.55. The van der Waals surface area contributed by atoms with Gasteiger partial charge in [0.2, 0.25) is 0 Å². The highest BCUT2D eigenvalue weighted by atomic mass is 16.2. The molecule has 2 heterocycles. The molecule has 1 fully saturated rings. The van der Waals surface area contributed by atoms with Gasteiger partial charge < -0.3 is 16.0 Å². The van der Waals surface area contributed by atoms with Gasteiger partial charge in [-0.2, -0.15) is 0 Å². The van der Waals surface area contributed by atoms with E-state index in [1.807, 2.05) is 0 Å². The Morgan fingerprint density at radius 2 is 2.05 bits per heavy atom. The highest BCUT2D eigenvalue weighted by Gasteiger charge is 2.25. The van der Waals surface area contributed by atoms with E-state index in [4.69, 9.17) is 5.73 Å². The molecule has 1 aromatic heterocycles. The summed E-state index contributed by atoms with van der Waals surface area (Å²) in [5.74, 6) is -1.12. The van der Waals surface area contributed by atoms with Crippen LogP contribution >= 0.6 is 0 Å².